The summed E-state index contributed by atoms with van der Waals surface area (Å²) in [5.41, 5.74) is 0.0807. The van der Waals surface area contributed by atoms with Gasteiger partial charge in [-0.2, -0.15) is 13.2 Å². The second-order valence-corrected chi connectivity index (χ2v) is 6.37. The van der Waals surface area contributed by atoms with Crippen molar-refractivity contribution in [1.29, 1.82) is 0 Å². The van der Waals surface area contributed by atoms with Gasteiger partial charge in [0, 0.05) is 29.4 Å². The van der Waals surface area contributed by atoms with Crippen molar-refractivity contribution in [2.24, 2.45) is 0 Å². The fourth-order valence-electron chi connectivity index (χ4n) is 2.85. The molecule has 0 saturated carbocycles. The van der Waals surface area contributed by atoms with E-state index in [-0.39, 0.29) is 23.7 Å². The number of benzene rings is 1. The Morgan fingerprint density at radius 1 is 1.04 bits per heavy atom. The minimum Gasteiger partial charge on any atom is -0.334 e. The number of halogens is 3. The standard InChI is InChI=1S/C19H21F3N2O/c1-12(2)24(13(3)4)18(25)16-8-6-5-7-15(16)17-11-14(9-10-23-17)19(20,21)22/h5-13H,1-4H3. The predicted molar refractivity (Wildman–Crippen MR) is 91.1 cm³/mol. The fraction of sp³-hybridized carbons (Fsp3) is 0.368. The molecule has 0 unspecified atom stereocenters. The second kappa shape index (κ2) is 7.25. The lowest BCUT2D eigenvalue weighted by atomic mass is 10.0. The molecule has 2 aromatic rings. The smallest absolute Gasteiger partial charge is 0.334 e. The van der Waals surface area contributed by atoms with Crippen LogP contribution in [0.25, 0.3) is 11.3 Å². The molecule has 1 aromatic carbocycles. The molecule has 1 aromatic heterocycles. The number of pyridine rings is 1. The summed E-state index contributed by atoms with van der Waals surface area (Å²) in [7, 11) is 0. The van der Waals surface area contributed by atoms with Crippen molar-refractivity contribution in [3.05, 3.63) is 53.7 Å². The van der Waals surface area contributed by atoms with Crippen LogP contribution in [0.5, 0.6) is 0 Å². The summed E-state index contributed by atoms with van der Waals surface area (Å²) in [4.78, 5) is 18.7. The SMILES string of the molecule is CC(C)N(C(=O)c1ccccc1-c1cc(C(F)(F)F)ccn1)C(C)C. The average molecular weight is 350 g/mol. The van der Waals surface area contributed by atoms with E-state index in [2.05, 4.69) is 4.98 Å². The van der Waals surface area contributed by atoms with Crippen LogP contribution >= 0.6 is 0 Å². The van der Waals surface area contributed by atoms with E-state index in [4.69, 9.17) is 0 Å². The second-order valence-electron chi connectivity index (χ2n) is 6.37. The van der Waals surface area contributed by atoms with E-state index in [0.717, 1.165) is 18.3 Å². The van der Waals surface area contributed by atoms with Crippen molar-refractivity contribution in [2.45, 2.75) is 46.0 Å². The molecule has 0 fully saturated rings. The normalized spacial score (nSPS) is 11.9. The summed E-state index contributed by atoms with van der Waals surface area (Å²) in [5, 5.41) is 0. The van der Waals surface area contributed by atoms with Crippen LogP contribution in [-0.2, 0) is 6.18 Å². The Labute approximate surface area is 145 Å². The lowest BCUT2D eigenvalue weighted by Crippen LogP contribution is -2.42. The number of hydrogen-bond donors (Lipinski definition) is 0. The highest BCUT2D eigenvalue weighted by molar-refractivity contribution is 6.00. The first-order chi connectivity index (χ1) is 11.6. The van der Waals surface area contributed by atoms with Crippen LogP contribution < -0.4 is 0 Å². The number of carbonyl (C=O) groups is 1. The van der Waals surface area contributed by atoms with Gasteiger partial charge in [0.1, 0.15) is 0 Å². The first kappa shape index (κ1) is 19.0. The summed E-state index contributed by atoms with van der Waals surface area (Å²) in [5.74, 6) is -0.222. The van der Waals surface area contributed by atoms with Crippen LogP contribution in [0.4, 0.5) is 13.2 Å². The van der Waals surface area contributed by atoms with Crippen molar-refractivity contribution in [3.63, 3.8) is 0 Å². The van der Waals surface area contributed by atoms with Gasteiger partial charge < -0.3 is 4.90 Å². The third-order valence-corrected chi connectivity index (χ3v) is 3.87. The molecule has 1 heterocycles. The van der Waals surface area contributed by atoms with Gasteiger partial charge in [-0.1, -0.05) is 18.2 Å². The third kappa shape index (κ3) is 4.18. The molecule has 134 valence electrons. The molecule has 0 aliphatic rings. The Bertz CT molecular complexity index is 746. The van der Waals surface area contributed by atoms with Gasteiger partial charge in [0.2, 0.25) is 0 Å². The van der Waals surface area contributed by atoms with Gasteiger partial charge in [-0.15, -0.1) is 0 Å². The van der Waals surface area contributed by atoms with Crippen LogP contribution in [0.1, 0.15) is 43.6 Å². The van der Waals surface area contributed by atoms with E-state index in [1.165, 1.54) is 0 Å². The molecular formula is C19H21F3N2O. The van der Waals surface area contributed by atoms with E-state index in [1.54, 1.807) is 29.2 Å². The monoisotopic (exact) mass is 350 g/mol. The number of nitrogens with zero attached hydrogens (tertiary/aromatic N) is 2. The molecule has 3 nitrogen and oxygen atoms in total. The number of aromatic nitrogens is 1. The maximum absolute atomic E-state index is 13.0. The highest BCUT2D eigenvalue weighted by atomic mass is 19.4. The lowest BCUT2D eigenvalue weighted by molar-refractivity contribution is -0.137. The molecule has 0 saturated heterocycles. The first-order valence-corrected chi connectivity index (χ1v) is 8.08. The van der Waals surface area contributed by atoms with Gasteiger partial charge in [0.15, 0.2) is 0 Å². The summed E-state index contributed by atoms with van der Waals surface area (Å²) < 4.78 is 38.9. The maximum Gasteiger partial charge on any atom is 0.416 e. The molecule has 25 heavy (non-hydrogen) atoms. The van der Waals surface area contributed by atoms with Crippen molar-refractivity contribution >= 4 is 5.91 Å². The zero-order chi connectivity index (χ0) is 18.8. The van der Waals surface area contributed by atoms with Gasteiger partial charge in [-0.25, -0.2) is 0 Å². The van der Waals surface area contributed by atoms with Gasteiger partial charge in [0.25, 0.3) is 5.91 Å². The topological polar surface area (TPSA) is 33.2 Å². The molecule has 0 aliphatic heterocycles. The van der Waals surface area contributed by atoms with E-state index in [1.807, 2.05) is 27.7 Å². The molecular weight excluding hydrogens is 329 g/mol. The maximum atomic E-state index is 13.0. The Balaban J connectivity index is 2.54. The zero-order valence-electron chi connectivity index (χ0n) is 14.6. The summed E-state index contributed by atoms with van der Waals surface area (Å²) in [6.07, 6.45) is -3.35. The number of carbonyl (C=O) groups excluding carboxylic acids is 1. The van der Waals surface area contributed by atoms with E-state index >= 15 is 0 Å². The molecule has 0 radical (unpaired) electrons. The van der Waals surface area contributed by atoms with Crippen LogP contribution in [0.15, 0.2) is 42.6 Å². The molecule has 1 amide bonds. The largest absolute Gasteiger partial charge is 0.416 e. The van der Waals surface area contributed by atoms with E-state index in [0.29, 0.717) is 11.1 Å². The number of hydrogen-bond acceptors (Lipinski definition) is 2. The average Bonchev–Trinajstić information content (AvgIpc) is 2.53. The predicted octanol–water partition coefficient (Wildman–Crippen LogP) is 5.03. The van der Waals surface area contributed by atoms with E-state index in [9.17, 15) is 18.0 Å². The summed E-state index contributed by atoms with van der Waals surface area (Å²) in [6.45, 7) is 7.62. The number of rotatable bonds is 4. The Hall–Kier alpha value is -2.37. The van der Waals surface area contributed by atoms with Crippen molar-refractivity contribution in [2.75, 3.05) is 0 Å². The third-order valence-electron chi connectivity index (χ3n) is 3.87. The van der Waals surface area contributed by atoms with Gasteiger partial charge in [-0.05, 0) is 45.9 Å². The van der Waals surface area contributed by atoms with Crippen LogP contribution in [0, 0.1) is 0 Å². The molecule has 0 bridgehead atoms. The quantitative estimate of drug-likeness (QED) is 0.775. The molecule has 2 rings (SSSR count). The van der Waals surface area contributed by atoms with Gasteiger partial charge in [-0.3, -0.25) is 9.78 Å². The van der Waals surface area contributed by atoms with Crippen LogP contribution in [-0.4, -0.2) is 27.9 Å². The van der Waals surface area contributed by atoms with Crippen LogP contribution in [0.2, 0.25) is 0 Å². The summed E-state index contributed by atoms with van der Waals surface area (Å²) >= 11 is 0. The van der Waals surface area contributed by atoms with Gasteiger partial charge in [0.05, 0.1) is 11.3 Å². The highest BCUT2D eigenvalue weighted by Crippen LogP contribution is 2.32. The Morgan fingerprint density at radius 2 is 1.64 bits per heavy atom. The molecule has 0 atom stereocenters. The minimum absolute atomic E-state index is 0.0324. The lowest BCUT2D eigenvalue weighted by Gasteiger charge is -2.31. The Kier molecular flexibility index (Phi) is 5.50. The molecule has 6 heteroatoms. The molecule has 0 N–H and O–H groups in total. The summed E-state index contributed by atoms with van der Waals surface area (Å²) in [6, 6.07) is 8.45. The van der Waals surface area contributed by atoms with Crippen molar-refractivity contribution in [1.82, 2.24) is 9.88 Å². The van der Waals surface area contributed by atoms with Crippen molar-refractivity contribution in [3.8, 4) is 11.3 Å². The van der Waals surface area contributed by atoms with Gasteiger partial charge >= 0.3 is 6.18 Å². The number of amides is 1. The highest BCUT2D eigenvalue weighted by Gasteiger charge is 2.31. The minimum atomic E-state index is -4.46. The first-order valence-electron chi connectivity index (χ1n) is 8.08. The van der Waals surface area contributed by atoms with Crippen LogP contribution in [0.3, 0.4) is 0 Å². The molecule has 0 spiro atoms. The number of alkyl halides is 3. The van der Waals surface area contributed by atoms with Crippen molar-refractivity contribution < 1.29 is 18.0 Å². The fourth-order valence-corrected chi connectivity index (χ4v) is 2.85. The Morgan fingerprint density at radius 3 is 2.20 bits per heavy atom. The zero-order valence-corrected chi connectivity index (χ0v) is 14.6. The van der Waals surface area contributed by atoms with E-state index < -0.39 is 11.7 Å². The molecule has 0 aliphatic carbocycles.